The van der Waals surface area contributed by atoms with Gasteiger partial charge >= 0.3 is 0 Å². The molecule has 1 fully saturated rings. The first-order chi connectivity index (χ1) is 5.79. The maximum atomic E-state index is 8.94. The zero-order valence-electron chi connectivity index (χ0n) is 7.66. The minimum absolute atomic E-state index is 0.246. The lowest BCUT2D eigenvalue weighted by Gasteiger charge is -2.09. The molecule has 0 bridgehead atoms. The minimum Gasteiger partial charge on any atom is -0.393 e. The zero-order valence-corrected chi connectivity index (χ0v) is 7.66. The molecule has 1 heterocycles. The third-order valence-corrected chi connectivity index (χ3v) is 2.06. The average Bonchev–Trinajstić information content (AvgIpc) is 2.49. The number of rotatable bonds is 5. The molecule has 1 N–H and O–H groups in total. The molecule has 2 unspecified atom stereocenters. The molecule has 3 nitrogen and oxygen atoms in total. The van der Waals surface area contributed by atoms with Gasteiger partial charge in [-0.05, 0) is 19.8 Å². The van der Waals surface area contributed by atoms with Crippen molar-refractivity contribution in [2.24, 2.45) is 5.92 Å². The van der Waals surface area contributed by atoms with E-state index < -0.39 is 0 Å². The summed E-state index contributed by atoms with van der Waals surface area (Å²) >= 11 is 0. The smallest absolute Gasteiger partial charge is 0.0534 e. The summed E-state index contributed by atoms with van der Waals surface area (Å²) in [5, 5.41) is 8.94. The Morgan fingerprint density at radius 2 is 2.50 bits per heavy atom. The number of hydrogen-bond donors (Lipinski definition) is 1. The summed E-state index contributed by atoms with van der Waals surface area (Å²) in [5.74, 6) is 0.582. The molecule has 1 aliphatic rings. The molecule has 3 heteroatoms. The molecule has 0 aromatic rings. The van der Waals surface area contributed by atoms with Crippen molar-refractivity contribution in [2.75, 3.05) is 26.4 Å². The van der Waals surface area contributed by atoms with Crippen LogP contribution in [-0.4, -0.2) is 37.6 Å². The van der Waals surface area contributed by atoms with E-state index in [0.29, 0.717) is 12.5 Å². The standard InChI is InChI=1S/C9H18O3/c1-8(10)2-4-11-6-9-3-5-12-7-9/h8-10H,2-7H2,1H3. The van der Waals surface area contributed by atoms with Crippen molar-refractivity contribution in [1.29, 1.82) is 0 Å². The number of aliphatic hydroxyl groups excluding tert-OH is 1. The van der Waals surface area contributed by atoms with Crippen molar-refractivity contribution >= 4 is 0 Å². The van der Waals surface area contributed by atoms with Crippen LogP contribution in [0.15, 0.2) is 0 Å². The lowest BCUT2D eigenvalue weighted by molar-refractivity contribution is 0.0635. The van der Waals surface area contributed by atoms with Crippen molar-refractivity contribution in [3.05, 3.63) is 0 Å². The number of hydrogen-bond acceptors (Lipinski definition) is 3. The first kappa shape index (κ1) is 9.96. The normalized spacial score (nSPS) is 26.0. The monoisotopic (exact) mass is 174 g/mol. The SMILES string of the molecule is CC(O)CCOCC1CCOC1. The van der Waals surface area contributed by atoms with E-state index in [4.69, 9.17) is 14.6 Å². The summed E-state index contributed by atoms with van der Waals surface area (Å²) in [6.07, 6.45) is 1.60. The van der Waals surface area contributed by atoms with Gasteiger partial charge in [0, 0.05) is 19.1 Å². The number of ether oxygens (including phenoxy) is 2. The Bertz CT molecular complexity index is 108. The first-order valence-corrected chi connectivity index (χ1v) is 4.62. The Balaban J connectivity index is 1.88. The molecule has 12 heavy (non-hydrogen) atoms. The van der Waals surface area contributed by atoms with E-state index in [0.717, 1.165) is 32.7 Å². The maximum Gasteiger partial charge on any atom is 0.0534 e. The molecular weight excluding hydrogens is 156 g/mol. The van der Waals surface area contributed by atoms with Gasteiger partial charge in [-0.2, -0.15) is 0 Å². The fourth-order valence-electron chi connectivity index (χ4n) is 1.22. The summed E-state index contributed by atoms with van der Waals surface area (Å²) in [6.45, 7) is 4.95. The predicted octanol–water partition coefficient (Wildman–Crippen LogP) is 0.810. The molecule has 0 aromatic carbocycles. The third kappa shape index (κ3) is 4.04. The molecule has 1 rings (SSSR count). The average molecular weight is 174 g/mol. The van der Waals surface area contributed by atoms with Crippen LogP contribution in [0.25, 0.3) is 0 Å². The Labute approximate surface area is 73.7 Å². The molecular formula is C9H18O3. The molecule has 0 aromatic heterocycles. The molecule has 0 amide bonds. The fraction of sp³-hybridized carbons (Fsp3) is 1.00. The van der Waals surface area contributed by atoms with Crippen molar-refractivity contribution in [3.63, 3.8) is 0 Å². The molecule has 72 valence electrons. The van der Waals surface area contributed by atoms with Gasteiger partial charge < -0.3 is 14.6 Å². The highest BCUT2D eigenvalue weighted by atomic mass is 16.5. The molecule has 0 saturated carbocycles. The largest absolute Gasteiger partial charge is 0.393 e. The van der Waals surface area contributed by atoms with Gasteiger partial charge in [0.05, 0.1) is 19.3 Å². The van der Waals surface area contributed by atoms with Gasteiger partial charge in [0.2, 0.25) is 0 Å². The first-order valence-electron chi connectivity index (χ1n) is 4.62. The predicted molar refractivity (Wildman–Crippen MR) is 46.0 cm³/mol. The highest BCUT2D eigenvalue weighted by Crippen LogP contribution is 2.12. The van der Waals surface area contributed by atoms with Crippen molar-refractivity contribution in [2.45, 2.75) is 25.9 Å². The molecule has 0 radical (unpaired) electrons. The van der Waals surface area contributed by atoms with Crippen LogP contribution in [0.5, 0.6) is 0 Å². The Morgan fingerprint density at radius 3 is 3.08 bits per heavy atom. The summed E-state index contributed by atoms with van der Waals surface area (Å²) in [7, 11) is 0. The summed E-state index contributed by atoms with van der Waals surface area (Å²) < 4.78 is 10.6. The van der Waals surface area contributed by atoms with Gasteiger partial charge in [0.1, 0.15) is 0 Å². The summed E-state index contributed by atoms with van der Waals surface area (Å²) in [6, 6.07) is 0. The van der Waals surface area contributed by atoms with Gasteiger partial charge in [-0.1, -0.05) is 0 Å². The fourth-order valence-corrected chi connectivity index (χ4v) is 1.22. The Hall–Kier alpha value is -0.120. The molecule has 2 atom stereocenters. The molecule has 0 spiro atoms. The Kier molecular flexibility index (Phi) is 4.58. The van der Waals surface area contributed by atoms with Gasteiger partial charge in [-0.3, -0.25) is 0 Å². The van der Waals surface area contributed by atoms with Crippen molar-refractivity contribution < 1.29 is 14.6 Å². The third-order valence-electron chi connectivity index (χ3n) is 2.06. The quantitative estimate of drug-likeness (QED) is 0.627. The van der Waals surface area contributed by atoms with E-state index >= 15 is 0 Å². The van der Waals surface area contributed by atoms with Gasteiger partial charge in [-0.15, -0.1) is 0 Å². The van der Waals surface area contributed by atoms with E-state index in [-0.39, 0.29) is 6.10 Å². The molecule has 1 aliphatic heterocycles. The summed E-state index contributed by atoms with van der Waals surface area (Å²) in [5.41, 5.74) is 0. The van der Waals surface area contributed by atoms with Gasteiger partial charge in [-0.25, -0.2) is 0 Å². The van der Waals surface area contributed by atoms with Crippen LogP contribution in [0.2, 0.25) is 0 Å². The lowest BCUT2D eigenvalue weighted by Crippen LogP contribution is -2.12. The van der Waals surface area contributed by atoms with Crippen LogP contribution >= 0.6 is 0 Å². The van der Waals surface area contributed by atoms with E-state index in [9.17, 15) is 0 Å². The lowest BCUT2D eigenvalue weighted by atomic mass is 10.1. The second-order valence-electron chi connectivity index (χ2n) is 3.44. The minimum atomic E-state index is -0.246. The molecule has 1 saturated heterocycles. The van der Waals surface area contributed by atoms with E-state index in [1.54, 1.807) is 6.92 Å². The van der Waals surface area contributed by atoms with Crippen LogP contribution in [0.4, 0.5) is 0 Å². The van der Waals surface area contributed by atoms with Crippen LogP contribution in [0, 0.1) is 5.92 Å². The van der Waals surface area contributed by atoms with E-state index in [2.05, 4.69) is 0 Å². The summed E-state index contributed by atoms with van der Waals surface area (Å²) in [4.78, 5) is 0. The highest BCUT2D eigenvalue weighted by molar-refractivity contribution is 4.62. The van der Waals surface area contributed by atoms with Gasteiger partial charge in [0.25, 0.3) is 0 Å². The Morgan fingerprint density at radius 1 is 1.67 bits per heavy atom. The van der Waals surface area contributed by atoms with Crippen molar-refractivity contribution in [3.8, 4) is 0 Å². The second kappa shape index (κ2) is 5.51. The van der Waals surface area contributed by atoms with Crippen LogP contribution in [0.1, 0.15) is 19.8 Å². The van der Waals surface area contributed by atoms with Gasteiger partial charge in [0.15, 0.2) is 0 Å². The van der Waals surface area contributed by atoms with Crippen LogP contribution in [-0.2, 0) is 9.47 Å². The van der Waals surface area contributed by atoms with Crippen LogP contribution < -0.4 is 0 Å². The molecule has 0 aliphatic carbocycles. The second-order valence-corrected chi connectivity index (χ2v) is 3.44. The van der Waals surface area contributed by atoms with E-state index in [1.807, 2.05) is 0 Å². The van der Waals surface area contributed by atoms with Crippen LogP contribution in [0.3, 0.4) is 0 Å². The highest BCUT2D eigenvalue weighted by Gasteiger charge is 2.15. The topological polar surface area (TPSA) is 38.7 Å². The zero-order chi connectivity index (χ0) is 8.81. The number of aliphatic hydroxyl groups is 1. The maximum absolute atomic E-state index is 8.94. The van der Waals surface area contributed by atoms with Crippen molar-refractivity contribution in [1.82, 2.24) is 0 Å². The van der Waals surface area contributed by atoms with E-state index in [1.165, 1.54) is 0 Å².